The van der Waals surface area contributed by atoms with Crippen LogP contribution in [0.1, 0.15) is 45.4 Å². The lowest BCUT2D eigenvalue weighted by atomic mass is 9.70. The molecule has 3 atom stereocenters. The van der Waals surface area contributed by atoms with Gasteiger partial charge in [-0.05, 0) is 49.4 Å². The van der Waals surface area contributed by atoms with Gasteiger partial charge in [0.25, 0.3) is 0 Å². The summed E-state index contributed by atoms with van der Waals surface area (Å²) in [7, 11) is 0. The summed E-state index contributed by atoms with van der Waals surface area (Å²) in [6.07, 6.45) is 8.64. The van der Waals surface area contributed by atoms with Gasteiger partial charge in [0.05, 0.1) is 0 Å². The Morgan fingerprint density at radius 1 is 1.50 bits per heavy atom. The molecule has 0 unspecified atom stereocenters. The van der Waals surface area contributed by atoms with Crippen molar-refractivity contribution in [2.45, 2.75) is 45.4 Å². The number of unbranched alkanes of at least 4 members (excludes halogenated alkanes) is 1. The van der Waals surface area contributed by atoms with Crippen molar-refractivity contribution in [3.8, 4) is 0 Å². The number of aliphatic hydroxyl groups is 2. The number of allylic oxidation sites excluding steroid dienone is 1. The third kappa shape index (κ3) is 2.86. The molecule has 2 nitrogen and oxygen atoms in total. The average Bonchev–Trinajstić information content (AvgIpc) is 2.73. The van der Waals surface area contributed by atoms with E-state index in [0.29, 0.717) is 11.8 Å². The van der Waals surface area contributed by atoms with Crippen molar-refractivity contribution >= 4 is 0 Å². The maximum Gasteiger partial charge on any atom is 0.0490 e. The number of hydrogen-bond donors (Lipinski definition) is 2. The van der Waals surface area contributed by atoms with Crippen LogP contribution in [-0.4, -0.2) is 23.4 Å². The highest BCUT2D eigenvalue weighted by Crippen LogP contribution is 2.49. The zero-order valence-electron chi connectivity index (χ0n) is 10.5. The second-order valence-corrected chi connectivity index (χ2v) is 5.36. The van der Waals surface area contributed by atoms with Gasteiger partial charge in [-0.1, -0.05) is 19.4 Å². The van der Waals surface area contributed by atoms with Crippen LogP contribution in [0.3, 0.4) is 0 Å². The molecule has 1 aliphatic rings. The fourth-order valence-electron chi connectivity index (χ4n) is 3.37. The minimum Gasteiger partial charge on any atom is -0.396 e. The lowest BCUT2D eigenvalue weighted by Gasteiger charge is -2.37. The molecule has 0 aliphatic heterocycles. The maximum absolute atomic E-state index is 9.72. The Kier molecular flexibility index (Phi) is 5.50. The molecule has 1 rings (SSSR count). The highest BCUT2D eigenvalue weighted by atomic mass is 16.3. The van der Waals surface area contributed by atoms with Crippen molar-refractivity contribution in [1.29, 1.82) is 0 Å². The molecule has 0 amide bonds. The molecule has 1 fully saturated rings. The molecule has 0 heterocycles. The first kappa shape index (κ1) is 13.7. The van der Waals surface area contributed by atoms with E-state index in [1.54, 1.807) is 0 Å². The first-order chi connectivity index (χ1) is 7.70. The Morgan fingerprint density at radius 2 is 2.25 bits per heavy atom. The largest absolute Gasteiger partial charge is 0.396 e. The van der Waals surface area contributed by atoms with E-state index in [9.17, 15) is 10.2 Å². The first-order valence-corrected chi connectivity index (χ1v) is 6.53. The van der Waals surface area contributed by atoms with Crippen LogP contribution in [0.15, 0.2) is 12.7 Å². The fourth-order valence-corrected chi connectivity index (χ4v) is 3.37. The molecule has 0 aromatic carbocycles. The molecule has 94 valence electrons. The number of hydrogen-bond acceptors (Lipinski definition) is 2. The molecule has 2 heteroatoms. The Hall–Kier alpha value is -0.340. The second-order valence-electron chi connectivity index (χ2n) is 5.36. The summed E-state index contributed by atoms with van der Waals surface area (Å²) < 4.78 is 0. The van der Waals surface area contributed by atoms with E-state index in [4.69, 9.17) is 0 Å². The maximum atomic E-state index is 9.72. The van der Waals surface area contributed by atoms with Crippen molar-refractivity contribution < 1.29 is 10.2 Å². The van der Waals surface area contributed by atoms with Crippen molar-refractivity contribution in [2.24, 2.45) is 17.3 Å². The number of aliphatic hydroxyl groups excluding tert-OH is 2. The molecule has 0 aromatic rings. The van der Waals surface area contributed by atoms with E-state index in [-0.39, 0.29) is 18.6 Å². The molecule has 1 aliphatic carbocycles. The zero-order valence-corrected chi connectivity index (χ0v) is 10.5. The lowest BCUT2D eigenvalue weighted by Crippen LogP contribution is -2.34. The minimum absolute atomic E-state index is 0.0746. The highest BCUT2D eigenvalue weighted by Gasteiger charge is 2.43. The molecular formula is C14H26O2. The van der Waals surface area contributed by atoms with E-state index in [0.717, 1.165) is 32.1 Å². The predicted octanol–water partition coefficient (Wildman–Crippen LogP) is 2.75. The minimum atomic E-state index is 0.0746. The standard InChI is InChI=1S/C14H26O2/c1-3-4-5-8-14(11-16)9-6-7-13(14)12(2)10-15/h3,12-13,15-16H,1,4-11H2,2H3/t12-,13+,14-/m1/s1. The molecule has 0 radical (unpaired) electrons. The van der Waals surface area contributed by atoms with Gasteiger partial charge in [0.1, 0.15) is 0 Å². The lowest BCUT2D eigenvalue weighted by molar-refractivity contribution is 0.0306. The average molecular weight is 226 g/mol. The van der Waals surface area contributed by atoms with Gasteiger partial charge in [0, 0.05) is 13.2 Å². The third-order valence-corrected chi connectivity index (χ3v) is 4.35. The van der Waals surface area contributed by atoms with E-state index >= 15 is 0 Å². The second kappa shape index (κ2) is 6.41. The van der Waals surface area contributed by atoms with Crippen LogP contribution in [-0.2, 0) is 0 Å². The summed E-state index contributed by atoms with van der Waals surface area (Å²) in [5.74, 6) is 0.811. The molecule has 0 saturated heterocycles. The quantitative estimate of drug-likeness (QED) is 0.517. The normalized spacial score (nSPS) is 31.6. The summed E-state index contributed by atoms with van der Waals surface area (Å²) >= 11 is 0. The van der Waals surface area contributed by atoms with Gasteiger partial charge in [-0.25, -0.2) is 0 Å². The van der Waals surface area contributed by atoms with Gasteiger partial charge in [0.15, 0.2) is 0 Å². The molecular weight excluding hydrogens is 200 g/mol. The highest BCUT2D eigenvalue weighted by molar-refractivity contribution is 4.93. The van der Waals surface area contributed by atoms with Gasteiger partial charge in [-0.2, -0.15) is 0 Å². The van der Waals surface area contributed by atoms with Gasteiger partial charge in [-0.15, -0.1) is 6.58 Å². The Morgan fingerprint density at radius 3 is 2.81 bits per heavy atom. The fraction of sp³-hybridized carbons (Fsp3) is 0.857. The Labute approximate surface area is 99.4 Å². The van der Waals surface area contributed by atoms with Gasteiger partial charge < -0.3 is 10.2 Å². The SMILES string of the molecule is C=CCCC[C@]1(CO)CCC[C@H]1[C@H](C)CO. The predicted molar refractivity (Wildman–Crippen MR) is 67.2 cm³/mol. The van der Waals surface area contributed by atoms with Crippen LogP contribution in [0.2, 0.25) is 0 Å². The van der Waals surface area contributed by atoms with Crippen LogP contribution in [0.25, 0.3) is 0 Å². The monoisotopic (exact) mass is 226 g/mol. The van der Waals surface area contributed by atoms with Gasteiger partial charge in [-0.3, -0.25) is 0 Å². The third-order valence-electron chi connectivity index (χ3n) is 4.35. The topological polar surface area (TPSA) is 40.5 Å². The molecule has 0 spiro atoms. The van der Waals surface area contributed by atoms with Crippen molar-refractivity contribution in [3.05, 3.63) is 12.7 Å². The van der Waals surface area contributed by atoms with Crippen molar-refractivity contribution in [3.63, 3.8) is 0 Å². The zero-order chi connectivity index (χ0) is 12.0. The van der Waals surface area contributed by atoms with Gasteiger partial charge in [0.2, 0.25) is 0 Å². The molecule has 2 N–H and O–H groups in total. The van der Waals surface area contributed by atoms with Crippen LogP contribution < -0.4 is 0 Å². The molecule has 0 aromatic heterocycles. The summed E-state index contributed by atoms with van der Waals surface area (Å²) in [5, 5.41) is 19.0. The number of rotatable bonds is 7. The Bertz CT molecular complexity index is 215. The first-order valence-electron chi connectivity index (χ1n) is 6.53. The summed E-state index contributed by atoms with van der Waals surface area (Å²) in [5.41, 5.74) is 0.0746. The summed E-state index contributed by atoms with van der Waals surface area (Å²) in [6, 6.07) is 0. The van der Waals surface area contributed by atoms with Crippen LogP contribution in [0, 0.1) is 17.3 Å². The van der Waals surface area contributed by atoms with E-state index < -0.39 is 0 Å². The summed E-state index contributed by atoms with van der Waals surface area (Å²) in [6.45, 7) is 6.37. The van der Waals surface area contributed by atoms with Crippen molar-refractivity contribution in [2.75, 3.05) is 13.2 Å². The smallest absolute Gasteiger partial charge is 0.0490 e. The van der Waals surface area contributed by atoms with Crippen LogP contribution >= 0.6 is 0 Å². The van der Waals surface area contributed by atoms with E-state index in [1.807, 2.05) is 6.08 Å². The van der Waals surface area contributed by atoms with Gasteiger partial charge >= 0.3 is 0 Å². The molecule has 16 heavy (non-hydrogen) atoms. The van der Waals surface area contributed by atoms with E-state index in [1.165, 1.54) is 6.42 Å². The van der Waals surface area contributed by atoms with Crippen LogP contribution in [0.5, 0.6) is 0 Å². The molecule has 1 saturated carbocycles. The molecule has 0 bridgehead atoms. The van der Waals surface area contributed by atoms with E-state index in [2.05, 4.69) is 13.5 Å². The Balaban J connectivity index is 2.63. The summed E-state index contributed by atoms with van der Waals surface area (Å²) in [4.78, 5) is 0. The van der Waals surface area contributed by atoms with Crippen molar-refractivity contribution in [1.82, 2.24) is 0 Å². The van der Waals surface area contributed by atoms with Crippen LogP contribution in [0.4, 0.5) is 0 Å².